The summed E-state index contributed by atoms with van der Waals surface area (Å²) >= 11 is 0. The molecule has 2 aromatic carbocycles. The number of likely N-dealkylation sites (tertiary alicyclic amines) is 1. The van der Waals surface area contributed by atoms with Crippen molar-refractivity contribution >= 4 is 11.7 Å². The van der Waals surface area contributed by atoms with Crippen molar-refractivity contribution < 1.29 is 13.6 Å². The molecule has 2 aromatic rings. The van der Waals surface area contributed by atoms with Crippen molar-refractivity contribution in [3.8, 4) is 0 Å². The van der Waals surface area contributed by atoms with E-state index in [9.17, 15) is 13.6 Å². The van der Waals surface area contributed by atoms with E-state index in [2.05, 4.69) is 4.90 Å². The summed E-state index contributed by atoms with van der Waals surface area (Å²) in [4.78, 5) is 17.7. The van der Waals surface area contributed by atoms with Crippen molar-refractivity contribution in [1.29, 1.82) is 5.41 Å². The van der Waals surface area contributed by atoms with Crippen molar-refractivity contribution in [3.05, 3.63) is 71.0 Å². The predicted octanol–water partition coefficient (Wildman–Crippen LogP) is 3.24. The van der Waals surface area contributed by atoms with Crippen LogP contribution in [-0.2, 0) is 11.3 Å². The van der Waals surface area contributed by atoms with Crippen LogP contribution in [0.1, 0.15) is 35.6 Å². The average molecular weight is 424 g/mol. The fourth-order valence-corrected chi connectivity index (χ4v) is 6.01. The Hall–Kier alpha value is -2.80. The number of nitrogens with two attached hydrogens (primary N) is 1. The van der Waals surface area contributed by atoms with Gasteiger partial charge >= 0.3 is 0 Å². The molecule has 0 spiro atoms. The van der Waals surface area contributed by atoms with Gasteiger partial charge in [0, 0.05) is 30.1 Å². The van der Waals surface area contributed by atoms with Gasteiger partial charge in [0.1, 0.15) is 18.3 Å². The molecule has 1 amide bonds. The van der Waals surface area contributed by atoms with Crippen LogP contribution >= 0.6 is 0 Å². The zero-order valence-electron chi connectivity index (χ0n) is 17.2. The van der Waals surface area contributed by atoms with E-state index in [1.54, 1.807) is 17.0 Å². The Kier molecular flexibility index (Phi) is 5.01. The first-order valence-electron chi connectivity index (χ1n) is 10.8. The molecule has 3 saturated heterocycles. The number of carbonyl (C=O) groups excluding carboxylic acids is 1. The topological polar surface area (TPSA) is 73.4 Å². The van der Waals surface area contributed by atoms with E-state index in [1.807, 2.05) is 24.3 Å². The minimum atomic E-state index is -0.575. The maximum absolute atomic E-state index is 14.3. The van der Waals surface area contributed by atoms with Crippen molar-refractivity contribution in [2.75, 3.05) is 13.2 Å². The summed E-state index contributed by atoms with van der Waals surface area (Å²) in [6.45, 7) is 0.624. The molecule has 0 unspecified atom stereocenters. The molecule has 0 aliphatic carbocycles. The number of nitrogens with zero attached hydrogens (tertiary/aromatic N) is 2. The standard InChI is InChI=1S/C24H26F2N4O/c25-12-19-20-18-2-1-11-29(18)22(15-5-7-16(8-6-15)23(27)28)21(20)24(31)30(19)13-14-3-9-17(26)10-4-14/h3-10,18-22H,1-2,11-13H2,(H3,27,28)/t18-,19+,20+,21-,22-/m0/s1. The molecule has 31 heavy (non-hydrogen) atoms. The molecule has 3 heterocycles. The molecule has 5 nitrogen and oxygen atoms in total. The molecular weight excluding hydrogens is 398 g/mol. The van der Waals surface area contributed by atoms with Crippen molar-refractivity contribution in [2.45, 2.75) is 37.5 Å². The van der Waals surface area contributed by atoms with E-state index >= 15 is 0 Å². The third-order valence-corrected chi connectivity index (χ3v) is 7.30. The molecule has 0 saturated carbocycles. The third kappa shape index (κ3) is 3.22. The second kappa shape index (κ2) is 7.71. The van der Waals surface area contributed by atoms with Gasteiger partial charge in [-0.25, -0.2) is 8.78 Å². The largest absolute Gasteiger partial charge is 0.384 e. The predicted molar refractivity (Wildman–Crippen MR) is 114 cm³/mol. The Morgan fingerprint density at radius 2 is 1.84 bits per heavy atom. The summed E-state index contributed by atoms with van der Waals surface area (Å²) in [5.41, 5.74) is 8.06. The first-order valence-corrected chi connectivity index (χ1v) is 10.8. The van der Waals surface area contributed by atoms with Gasteiger partial charge in [-0.1, -0.05) is 36.4 Å². The monoisotopic (exact) mass is 424 g/mol. The minimum absolute atomic E-state index is 0.00908. The zero-order valence-corrected chi connectivity index (χ0v) is 17.2. The van der Waals surface area contributed by atoms with Gasteiger partial charge in [0.05, 0.1) is 12.0 Å². The summed E-state index contributed by atoms with van der Waals surface area (Å²) in [7, 11) is 0. The summed E-state index contributed by atoms with van der Waals surface area (Å²) in [6, 6.07) is 13.2. The number of carbonyl (C=O) groups is 1. The molecule has 5 rings (SSSR count). The Bertz CT molecular complexity index is 994. The lowest BCUT2D eigenvalue weighted by Gasteiger charge is -2.32. The average Bonchev–Trinajstić information content (AvgIpc) is 3.42. The number of alkyl halides is 1. The molecule has 3 aliphatic rings. The number of amides is 1. The summed E-state index contributed by atoms with van der Waals surface area (Å²) in [5.74, 6) is -0.694. The Morgan fingerprint density at radius 3 is 2.48 bits per heavy atom. The van der Waals surface area contributed by atoms with Gasteiger partial charge in [-0.05, 0) is 42.6 Å². The van der Waals surface area contributed by atoms with Crippen LogP contribution in [-0.4, -0.2) is 46.8 Å². The lowest BCUT2D eigenvalue weighted by molar-refractivity contribution is -0.134. The van der Waals surface area contributed by atoms with E-state index < -0.39 is 12.7 Å². The van der Waals surface area contributed by atoms with Gasteiger partial charge in [0.2, 0.25) is 5.91 Å². The molecule has 162 valence electrons. The normalized spacial score (nSPS) is 29.9. The molecule has 3 aliphatic heterocycles. The van der Waals surface area contributed by atoms with Crippen LogP contribution in [0.3, 0.4) is 0 Å². The van der Waals surface area contributed by atoms with Crippen molar-refractivity contribution in [3.63, 3.8) is 0 Å². The highest BCUT2D eigenvalue weighted by Gasteiger charge is 2.62. The number of fused-ring (bicyclic) bond motifs is 3. The van der Waals surface area contributed by atoms with E-state index in [-0.39, 0.29) is 41.5 Å². The fourth-order valence-electron chi connectivity index (χ4n) is 6.01. The lowest BCUT2D eigenvalue weighted by atomic mass is 9.82. The third-order valence-electron chi connectivity index (χ3n) is 7.30. The smallest absolute Gasteiger partial charge is 0.228 e. The van der Waals surface area contributed by atoms with E-state index in [0.717, 1.165) is 30.5 Å². The van der Waals surface area contributed by atoms with Crippen LogP contribution in [0.15, 0.2) is 48.5 Å². The highest BCUT2D eigenvalue weighted by molar-refractivity contribution is 5.95. The van der Waals surface area contributed by atoms with Crippen LogP contribution in [0.4, 0.5) is 8.78 Å². The van der Waals surface area contributed by atoms with Gasteiger partial charge in [-0.3, -0.25) is 15.1 Å². The molecular formula is C24H26F2N4O. The number of hydrogen-bond donors (Lipinski definition) is 2. The zero-order chi connectivity index (χ0) is 21.7. The van der Waals surface area contributed by atoms with Crippen LogP contribution in [0.2, 0.25) is 0 Å². The second-order valence-electron chi connectivity index (χ2n) is 8.85. The first-order chi connectivity index (χ1) is 15.0. The first kappa shape index (κ1) is 20.1. The Morgan fingerprint density at radius 1 is 1.13 bits per heavy atom. The summed E-state index contributed by atoms with van der Waals surface area (Å²) in [6.07, 6.45) is 2.01. The van der Waals surface area contributed by atoms with Gasteiger partial charge in [-0.15, -0.1) is 0 Å². The highest BCUT2D eigenvalue weighted by atomic mass is 19.1. The van der Waals surface area contributed by atoms with Gasteiger partial charge in [0.15, 0.2) is 0 Å². The minimum Gasteiger partial charge on any atom is -0.384 e. The summed E-state index contributed by atoms with van der Waals surface area (Å²) in [5, 5.41) is 7.62. The van der Waals surface area contributed by atoms with Crippen LogP contribution < -0.4 is 5.73 Å². The molecule has 3 fully saturated rings. The van der Waals surface area contributed by atoms with E-state index in [0.29, 0.717) is 12.1 Å². The molecule has 3 N–H and O–H groups in total. The number of nitrogens with one attached hydrogen (secondary N) is 1. The van der Waals surface area contributed by atoms with Gasteiger partial charge < -0.3 is 10.6 Å². The highest BCUT2D eigenvalue weighted by Crippen LogP contribution is 2.55. The second-order valence-corrected chi connectivity index (χ2v) is 8.85. The maximum atomic E-state index is 14.3. The summed E-state index contributed by atoms with van der Waals surface area (Å²) < 4.78 is 27.6. The van der Waals surface area contributed by atoms with Crippen LogP contribution in [0.5, 0.6) is 0 Å². The number of benzene rings is 2. The van der Waals surface area contributed by atoms with Crippen LogP contribution in [0, 0.1) is 23.1 Å². The van der Waals surface area contributed by atoms with E-state index in [4.69, 9.17) is 11.1 Å². The van der Waals surface area contributed by atoms with Gasteiger partial charge in [-0.2, -0.15) is 0 Å². The Labute approximate surface area is 180 Å². The van der Waals surface area contributed by atoms with E-state index in [1.165, 1.54) is 12.1 Å². The molecule has 7 heteroatoms. The maximum Gasteiger partial charge on any atom is 0.228 e. The number of nitrogen functional groups attached to an aromatic ring is 1. The number of halogens is 2. The van der Waals surface area contributed by atoms with Gasteiger partial charge in [0.25, 0.3) is 0 Å². The Balaban J connectivity index is 1.49. The lowest BCUT2D eigenvalue weighted by Crippen LogP contribution is -2.42. The number of hydrogen-bond acceptors (Lipinski definition) is 3. The quantitative estimate of drug-likeness (QED) is 0.572. The van der Waals surface area contributed by atoms with Crippen LogP contribution in [0.25, 0.3) is 0 Å². The van der Waals surface area contributed by atoms with Crippen molar-refractivity contribution in [2.24, 2.45) is 17.6 Å². The number of amidine groups is 1. The number of rotatable bonds is 5. The van der Waals surface area contributed by atoms with Crippen molar-refractivity contribution in [1.82, 2.24) is 9.80 Å². The molecule has 5 atom stereocenters. The fraction of sp³-hybridized carbons (Fsp3) is 0.417. The molecule has 0 aromatic heterocycles. The molecule has 0 bridgehead atoms. The molecule has 0 radical (unpaired) electrons. The SMILES string of the molecule is N=C(N)c1ccc([C@H]2[C@H]3C(=O)N(Cc4ccc(F)cc4)[C@H](CF)[C@H]3[C@@H]3CCCN32)cc1.